The normalized spacial score (nSPS) is 19.2. The lowest BCUT2D eigenvalue weighted by Crippen LogP contribution is -2.44. The molecule has 0 spiro atoms. The zero-order chi connectivity index (χ0) is 15.5. The van der Waals surface area contributed by atoms with E-state index >= 15 is 0 Å². The fourth-order valence-electron chi connectivity index (χ4n) is 3.23. The van der Waals surface area contributed by atoms with Crippen LogP contribution < -0.4 is 11.1 Å². The molecule has 3 N–H and O–H groups in total. The predicted molar refractivity (Wildman–Crippen MR) is 86.8 cm³/mol. The van der Waals surface area contributed by atoms with Gasteiger partial charge in [0.25, 0.3) is 0 Å². The first kappa shape index (κ1) is 16.0. The van der Waals surface area contributed by atoms with Gasteiger partial charge in [0.15, 0.2) is 0 Å². The highest BCUT2D eigenvalue weighted by Gasteiger charge is 2.34. The predicted octanol–water partition coefficient (Wildman–Crippen LogP) is 3.55. The number of benzene rings is 1. The monoisotopic (exact) mass is 288 g/mol. The van der Waals surface area contributed by atoms with Crippen molar-refractivity contribution in [1.82, 2.24) is 5.32 Å². The van der Waals surface area contributed by atoms with E-state index in [9.17, 15) is 4.79 Å². The van der Waals surface area contributed by atoms with Crippen molar-refractivity contribution in [2.75, 3.05) is 0 Å². The van der Waals surface area contributed by atoms with Gasteiger partial charge in [0.05, 0.1) is 6.04 Å². The van der Waals surface area contributed by atoms with Crippen LogP contribution in [0.25, 0.3) is 0 Å². The lowest BCUT2D eigenvalue weighted by Gasteiger charge is -2.33. The molecule has 1 aliphatic rings. The number of nitrogens with one attached hydrogen (secondary N) is 1. The molecule has 0 heterocycles. The van der Waals surface area contributed by atoms with Gasteiger partial charge < -0.3 is 11.1 Å². The summed E-state index contributed by atoms with van der Waals surface area (Å²) in [6, 6.07) is 10.2. The average molecular weight is 288 g/mol. The largest absolute Gasteiger partial charge is 0.349 e. The van der Waals surface area contributed by atoms with Gasteiger partial charge in [0.2, 0.25) is 5.91 Å². The van der Waals surface area contributed by atoms with Crippen LogP contribution in [0.15, 0.2) is 30.3 Å². The number of hydrogen-bond donors (Lipinski definition) is 2. The minimum Gasteiger partial charge on any atom is -0.349 e. The van der Waals surface area contributed by atoms with E-state index in [1.807, 2.05) is 18.2 Å². The van der Waals surface area contributed by atoms with Gasteiger partial charge in [-0.25, -0.2) is 0 Å². The summed E-state index contributed by atoms with van der Waals surface area (Å²) < 4.78 is 0. The average Bonchev–Trinajstić information content (AvgIpc) is 2.82. The van der Waals surface area contributed by atoms with Gasteiger partial charge >= 0.3 is 0 Å². The van der Waals surface area contributed by atoms with Crippen LogP contribution in [0, 0.1) is 5.41 Å². The van der Waals surface area contributed by atoms with Crippen LogP contribution in [0.1, 0.15) is 64.5 Å². The molecular weight excluding hydrogens is 260 g/mol. The lowest BCUT2D eigenvalue weighted by atomic mass is 9.82. The summed E-state index contributed by atoms with van der Waals surface area (Å²) in [4.78, 5) is 12.4. The second kappa shape index (κ2) is 6.18. The van der Waals surface area contributed by atoms with Gasteiger partial charge in [-0.1, -0.05) is 63.9 Å². The Morgan fingerprint density at radius 2 is 1.81 bits per heavy atom. The fraction of sp³-hybridized carbons (Fsp3) is 0.611. The third-order valence-corrected chi connectivity index (χ3v) is 4.42. The molecule has 1 unspecified atom stereocenters. The first-order chi connectivity index (χ1) is 9.80. The second-order valence-corrected chi connectivity index (χ2v) is 7.52. The molecular formula is C18H28N2O. The number of rotatable bonds is 4. The first-order valence-electron chi connectivity index (χ1n) is 7.93. The van der Waals surface area contributed by atoms with Crippen LogP contribution in [0.5, 0.6) is 0 Å². The highest BCUT2D eigenvalue weighted by atomic mass is 16.1. The minimum absolute atomic E-state index is 0.0104. The second-order valence-electron chi connectivity index (χ2n) is 7.52. The Hall–Kier alpha value is -1.35. The summed E-state index contributed by atoms with van der Waals surface area (Å²) in [5.74, 6) is 0.0724. The number of nitrogens with two attached hydrogens (primary N) is 1. The SMILES string of the molecule is CC(C)(C)C(NC(=O)CC1(N)CCCC1)c1ccccc1. The summed E-state index contributed by atoms with van der Waals surface area (Å²) in [5.41, 5.74) is 7.15. The summed E-state index contributed by atoms with van der Waals surface area (Å²) in [6.07, 6.45) is 4.65. The lowest BCUT2D eigenvalue weighted by molar-refractivity contribution is -0.123. The first-order valence-corrected chi connectivity index (χ1v) is 7.93. The van der Waals surface area contributed by atoms with E-state index in [4.69, 9.17) is 5.73 Å². The Morgan fingerprint density at radius 1 is 1.24 bits per heavy atom. The molecule has 1 aromatic rings. The van der Waals surface area contributed by atoms with E-state index in [1.165, 1.54) is 0 Å². The maximum atomic E-state index is 12.4. The molecule has 2 rings (SSSR count). The fourth-order valence-corrected chi connectivity index (χ4v) is 3.23. The molecule has 1 fully saturated rings. The van der Waals surface area contributed by atoms with Crippen LogP contribution >= 0.6 is 0 Å². The van der Waals surface area contributed by atoms with E-state index in [-0.39, 0.29) is 22.9 Å². The Bertz CT molecular complexity index is 470. The molecule has 1 aliphatic carbocycles. The summed E-state index contributed by atoms with van der Waals surface area (Å²) in [6.45, 7) is 6.45. The molecule has 116 valence electrons. The van der Waals surface area contributed by atoms with Crippen molar-refractivity contribution in [1.29, 1.82) is 0 Å². The molecule has 3 heteroatoms. The number of carbonyl (C=O) groups is 1. The van der Waals surface area contributed by atoms with Crippen LogP contribution in [-0.4, -0.2) is 11.4 Å². The van der Waals surface area contributed by atoms with Crippen LogP contribution in [0.2, 0.25) is 0 Å². The molecule has 21 heavy (non-hydrogen) atoms. The molecule has 0 radical (unpaired) electrons. The summed E-state index contributed by atoms with van der Waals surface area (Å²) >= 11 is 0. The van der Waals surface area contributed by atoms with E-state index < -0.39 is 0 Å². The van der Waals surface area contributed by atoms with Crippen molar-refractivity contribution in [3.63, 3.8) is 0 Å². The van der Waals surface area contributed by atoms with E-state index in [2.05, 4.69) is 38.2 Å². The van der Waals surface area contributed by atoms with E-state index in [1.54, 1.807) is 0 Å². The molecule has 0 aromatic heterocycles. The van der Waals surface area contributed by atoms with Gasteiger partial charge in [-0.2, -0.15) is 0 Å². The third kappa shape index (κ3) is 4.31. The molecule has 1 amide bonds. The summed E-state index contributed by atoms with van der Waals surface area (Å²) in [5, 5.41) is 3.21. The molecule has 0 bridgehead atoms. The van der Waals surface area contributed by atoms with Crippen LogP contribution in [0.3, 0.4) is 0 Å². The maximum absolute atomic E-state index is 12.4. The van der Waals surface area contributed by atoms with Crippen molar-refractivity contribution in [3.8, 4) is 0 Å². The zero-order valence-electron chi connectivity index (χ0n) is 13.5. The van der Waals surface area contributed by atoms with Gasteiger partial charge in [-0.15, -0.1) is 0 Å². The van der Waals surface area contributed by atoms with Crippen molar-refractivity contribution in [3.05, 3.63) is 35.9 Å². The topological polar surface area (TPSA) is 55.1 Å². The van der Waals surface area contributed by atoms with Crippen molar-refractivity contribution < 1.29 is 4.79 Å². The molecule has 0 saturated heterocycles. The number of hydrogen-bond acceptors (Lipinski definition) is 2. The zero-order valence-corrected chi connectivity index (χ0v) is 13.5. The van der Waals surface area contributed by atoms with Crippen molar-refractivity contribution in [2.24, 2.45) is 11.1 Å². The smallest absolute Gasteiger partial charge is 0.222 e. The van der Waals surface area contributed by atoms with Gasteiger partial charge in [-0.3, -0.25) is 4.79 Å². The third-order valence-electron chi connectivity index (χ3n) is 4.42. The Balaban J connectivity index is 2.07. The molecule has 1 aromatic carbocycles. The molecule has 1 atom stereocenters. The number of carbonyl (C=O) groups excluding carboxylic acids is 1. The Morgan fingerprint density at radius 3 is 2.33 bits per heavy atom. The van der Waals surface area contributed by atoms with Gasteiger partial charge in [-0.05, 0) is 23.8 Å². The minimum atomic E-state index is -0.288. The maximum Gasteiger partial charge on any atom is 0.222 e. The molecule has 1 saturated carbocycles. The molecule has 3 nitrogen and oxygen atoms in total. The van der Waals surface area contributed by atoms with Gasteiger partial charge in [0.1, 0.15) is 0 Å². The van der Waals surface area contributed by atoms with Crippen molar-refractivity contribution >= 4 is 5.91 Å². The highest BCUT2D eigenvalue weighted by molar-refractivity contribution is 5.78. The molecule has 0 aliphatic heterocycles. The van der Waals surface area contributed by atoms with Gasteiger partial charge in [0, 0.05) is 12.0 Å². The standard InChI is InChI=1S/C18H28N2O/c1-17(2,3)16(14-9-5-4-6-10-14)20-15(21)13-18(19)11-7-8-12-18/h4-6,9-10,16H,7-8,11-13,19H2,1-3H3,(H,20,21). The Labute approximate surface area is 128 Å². The van der Waals surface area contributed by atoms with Crippen LogP contribution in [-0.2, 0) is 4.79 Å². The number of amides is 1. The summed E-state index contributed by atoms with van der Waals surface area (Å²) in [7, 11) is 0. The van der Waals surface area contributed by atoms with E-state index in [0.717, 1.165) is 31.2 Å². The van der Waals surface area contributed by atoms with E-state index in [0.29, 0.717) is 6.42 Å². The van der Waals surface area contributed by atoms with Crippen LogP contribution in [0.4, 0.5) is 0 Å². The van der Waals surface area contributed by atoms with Crippen molar-refractivity contribution in [2.45, 2.75) is 64.5 Å². The highest BCUT2D eigenvalue weighted by Crippen LogP contribution is 2.34. The Kier molecular flexibility index (Phi) is 4.72. The quantitative estimate of drug-likeness (QED) is 0.890.